The fraction of sp³-hybridized carbons (Fsp3) is 0.714. The van der Waals surface area contributed by atoms with Gasteiger partial charge in [-0.3, -0.25) is 15.2 Å². The Morgan fingerprint density at radius 1 is 1.54 bits per heavy atom. The number of amides is 1. The van der Waals surface area contributed by atoms with Gasteiger partial charge in [0.1, 0.15) is 0 Å². The zero-order valence-electron chi connectivity index (χ0n) is 7.84. The van der Waals surface area contributed by atoms with Crippen LogP contribution in [0.5, 0.6) is 0 Å². The van der Waals surface area contributed by atoms with Gasteiger partial charge in [0.25, 0.3) is 0 Å². The standard InChI is InChI=1S/C7H17N5O/c1-2-4-10-7(12-9)11-5-3-6(8)13/h2-5,9H2,1H3,(H2,8,13)(H2,10,11,12). The van der Waals surface area contributed by atoms with Gasteiger partial charge in [-0.05, 0) is 6.42 Å². The summed E-state index contributed by atoms with van der Waals surface area (Å²) in [6.07, 6.45) is 1.22. The van der Waals surface area contributed by atoms with Gasteiger partial charge in [-0.15, -0.1) is 0 Å². The Kier molecular flexibility index (Phi) is 6.62. The summed E-state index contributed by atoms with van der Waals surface area (Å²) in [5, 5.41) is 2.85. The van der Waals surface area contributed by atoms with Crippen LogP contribution in [0.1, 0.15) is 19.8 Å². The zero-order valence-corrected chi connectivity index (χ0v) is 7.84. The minimum atomic E-state index is -0.348. The van der Waals surface area contributed by atoms with E-state index in [-0.39, 0.29) is 12.3 Å². The first-order valence-electron chi connectivity index (χ1n) is 4.24. The van der Waals surface area contributed by atoms with Gasteiger partial charge in [-0.2, -0.15) is 0 Å². The van der Waals surface area contributed by atoms with E-state index >= 15 is 0 Å². The van der Waals surface area contributed by atoms with Crippen LogP contribution < -0.4 is 22.3 Å². The van der Waals surface area contributed by atoms with Gasteiger partial charge in [0.15, 0.2) is 0 Å². The minimum absolute atomic E-state index is 0.271. The van der Waals surface area contributed by atoms with Crippen molar-refractivity contribution in [1.82, 2.24) is 10.7 Å². The van der Waals surface area contributed by atoms with Crippen molar-refractivity contribution in [3.05, 3.63) is 0 Å². The second-order valence-corrected chi connectivity index (χ2v) is 2.52. The topological polar surface area (TPSA) is 106 Å². The Hall–Kier alpha value is -1.30. The second-order valence-electron chi connectivity index (χ2n) is 2.52. The maximum atomic E-state index is 10.4. The minimum Gasteiger partial charge on any atom is -0.370 e. The third kappa shape index (κ3) is 7.07. The van der Waals surface area contributed by atoms with Crippen molar-refractivity contribution < 1.29 is 4.79 Å². The molecule has 76 valence electrons. The summed E-state index contributed by atoms with van der Waals surface area (Å²) in [4.78, 5) is 14.4. The molecule has 0 saturated carbocycles. The summed E-state index contributed by atoms with van der Waals surface area (Å²) in [6.45, 7) is 3.16. The smallest absolute Gasteiger partial charge is 0.219 e. The van der Waals surface area contributed by atoms with Gasteiger partial charge in [-0.1, -0.05) is 6.92 Å². The van der Waals surface area contributed by atoms with Crippen LogP contribution in [0.2, 0.25) is 0 Å². The molecule has 1 amide bonds. The van der Waals surface area contributed by atoms with Crippen molar-refractivity contribution >= 4 is 11.9 Å². The molecule has 0 aromatic carbocycles. The average molecular weight is 187 g/mol. The van der Waals surface area contributed by atoms with E-state index in [0.29, 0.717) is 19.0 Å². The zero-order chi connectivity index (χ0) is 10.1. The number of nitrogens with zero attached hydrogens (tertiary/aromatic N) is 1. The number of guanidine groups is 1. The van der Waals surface area contributed by atoms with Crippen LogP contribution in [-0.4, -0.2) is 25.0 Å². The van der Waals surface area contributed by atoms with E-state index in [0.717, 1.165) is 6.42 Å². The molecule has 0 aliphatic heterocycles. The van der Waals surface area contributed by atoms with Gasteiger partial charge >= 0.3 is 0 Å². The highest BCUT2D eigenvalue weighted by Gasteiger charge is 1.96. The van der Waals surface area contributed by atoms with Crippen molar-refractivity contribution in [1.29, 1.82) is 0 Å². The number of nitrogens with one attached hydrogen (secondary N) is 2. The predicted octanol–water partition coefficient (Wildman–Crippen LogP) is -1.32. The highest BCUT2D eigenvalue weighted by molar-refractivity contribution is 5.80. The number of primary amides is 1. The molecule has 0 heterocycles. The number of hydrogen-bond acceptors (Lipinski definition) is 3. The average Bonchev–Trinajstić information content (AvgIpc) is 2.10. The summed E-state index contributed by atoms with van der Waals surface area (Å²) < 4.78 is 0. The molecule has 0 unspecified atom stereocenters. The van der Waals surface area contributed by atoms with E-state index in [4.69, 9.17) is 11.6 Å². The van der Waals surface area contributed by atoms with Crippen LogP contribution in [0.15, 0.2) is 4.99 Å². The SMILES string of the molecule is CCCN=C(NN)NCCC(N)=O. The van der Waals surface area contributed by atoms with E-state index in [1.54, 1.807) is 0 Å². The Balaban J connectivity index is 3.65. The van der Waals surface area contributed by atoms with Crippen LogP contribution in [0.25, 0.3) is 0 Å². The first-order chi connectivity index (χ1) is 6.20. The summed E-state index contributed by atoms with van der Waals surface area (Å²) >= 11 is 0. The molecule has 0 saturated heterocycles. The molecule has 0 bridgehead atoms. The van der Waals surface area contributed by atoms with E-state index in [1.807, 2.05) is 6.92 Å². The molecule has 0 aliphatic rings. The number of hydrogen-bond donors (Lipinski definition) is 4. The number of aliphatic imine (C=N–C) groups is 1. The molecule has 0 spiro atoms. The van der Waals surface area contributed by atoms with Crippen LogP contribution in [0.4, 0.5) is 0 Å². The van der Waals surface area contributed by atoms with Crippen LogP contribution in [0, 0.1) is 0 Å². The lowest BCUT2D eigenvalue weighted by molar-refractivity contribution is -0.117. The molecule has 0 aromatic rings. The molecule has 6 nitrogen and oxygen atoms in total. The highest BCUT2D eigenvalue weighted by Crippen LogP contribution is 1.78. The number of rotatable bonds is 5. The first-order valence-corrected chi connectivity index (χ1v) is 4.24. The molecular formula is C7H17N5O. The van der Waals surface area contributed by atoms with Gasteiger partial charge in [0, 0.05) is 19.5 Å². The van der Waals surface area contributed by atoms with Crippen molar-refractivity contribution in [2.75, 3.05) is 13.1 Å². The predicted molar refractivity (Wildman–Crippen MR) is 51.7 cm³/mol. The summed E-state index contributed by atoms with van der Waals surface area (Å²) in [5.41, 5.74) is 7.35. The number of nitrogens with two attached hydrogens (primary N) is 2. The Morgan fingerprint density at radius 3 is 2.69 bits per heavy atom. The Bertz CT molecular complexity index is 180. The molecule has 0 rings (SSSR count). The second kappa shape index (κ2) is 7.35. The maximum absolute atomic E-state index is 10.4. The van der Waals surface area contributed by atoms with E-state index < -0.39 is 0 Å². The normalized spacial score (nSPS) is 11.1. The van der Waals surface area contributed by atoms with Crippen LogP contribution in [-0.2, 0) is 4.79 Å². The van der Waals surface area contributed by atoms with E-state index in [1.165, 1.54) is 0 Å². The van der Waals surface area contributed by atoms with Crippen molar-refractivity contribution in [2.24, 2.45) is 16.6 Å². The monoisotopic (exact) mass is 187 g/mol. The fourth-order valence-corrected chi connectivity index (χ4v) is 0.680. The highest BCUT2D eigenvalue weighted by atomic mass is 16.1. The summed E-state index contributed by atoms with van der Waals surface area (Å²) in [6, 6.07) is 0. The van der Waals surface area contributed by atoms with E-state index in [2.05, 4.69) is 15.7 Å². The lowest BCUT2D eigenvalue weighted by Gasteiger charge is -2.07. The lowest BCUT2D eigenvalue weighted by atomic mass is 10.4. The van der Waals surface area contributed by atoms with Crippen LogP contribution in [0.3, 0.4) is 0 Å². The molecular weight excluding hydrogens is 170 g/mol. The fourth-order valence-electron chi connectivity index (χ4n) is 0.680. The van der Waals surface area contributed by atoms with E-state index in [9.17, 15) is 4.79 Å². The molecule has 0 aliphatic carbocycles. The molecule has 6 heteroatoms. The molecule has 13 heavy (non-hydrogen) atoms. The van der Waals surface area contributed by atoms with Crippen LogP contribution >= 0.6 is 0 Å². The molecule has 0 fully saturated rings. The quantitative estimate of drug-likeness (QED) is 0.185. The number of carbonyl (C=O) groups excluding carboxylic acids is 1. The van der Waals surface area contributed by atoms with Gasteiger partial charge in [0.05, 0.1) is 0 Å². The molecule has 0 atom stereocenters. The number of carbonyl (C=O) groups is 1. The van der Waals surface area contributed by atoms with Gasteiger partial charge in [0.2, 0.25) is 11.9 Å². The summed E-state index contributed by atoms with van der Waals surface area (Å²) in [5.74, 6) is 5.31. The number of hydrazine groups is 1. The Morgan fingerprint density at radius 2 is 2.23 bits per heavy atom. The first kappa shape index (κ1) is 11.7. The summed E-state index contributed by atoms with van der Waals surface area (Å²) in [7, 11) is 0. The van der Waals surface area contributed by atoms with Crippen molar-refractivity contribution in [2.45, 2.75) is 19.8 Å². The lowest BCUT2D eigenvalue weighted by Crippen LogP contribution is -2.42. The van der Waals surface area contributed by atoms with Gasteiger partial charge in [-0.25, -0.2) is 5.84 Å². The van der Waals surface area contributed by atoms with Gasteiger partial charge < -0.3 is 11.1 Å². The third-order valence-corrected chi connectivity index (χ3v) is 1.29. The Labute approximate surface area is 77.7 Å². The van der Waals surface area contributed by atoms with Crippen molar-refractivity contribution in [3.8, 4) is 0 Å². The molecule has 0 radical (unpaired) electrons. The molecule has 0 aromatic heterocycles. The third-order valence-electron chi connectivity index (χ3n) is 1.29. The maximum Gasteiger partial charge on any atom is 0.219 e. The largest absolute Gasteiger partial charge is 0.370 e. The molecule has 6 N–H and O–H groups in total. The van der Waals surface area contributed by atoms with Crippen molar-refractivity contribution in [3.63, 3.8) is 0 Å².